The van der Waals surface area contributed by atoms with Crippen LogP contribution in [0.3, 0.4) is 0 Å². The number of methoxy groups -OCH3 is 1. The number of ether oxygens (including phenoxy) is 3. The first kappa shape index (κ1) is 14.4. The Bertz CT molecular complexity index is 580. The quantitative estimate of drug-likeness (QED) is 0.756. The summed E-state index contributed by atoms with van der Waals surface area (Å²) in [5.74, 6) is 0.854. The van der Waals surface area contributed by atoms with Gasteiger partial charge in [0.05, 0.1) is 20.3 Å². The van der Waals surface area contributed by atoms with E-state index in [1.807, 2.05) is 48.5 Å². The average molecular weight is 305 g/mol. The molecule has 21 heavy (non-hydrogen) atoms. The highest BCUT2D eigenvalue weighted by molar-refractivity contribution is 6.30. The van der Waals surface area contributed by atoms with Gasteiger partial charge in [-0.3, -0.25) is 0 Å². The lowest BCUT2D eigenvalue weighted by Gasteiger charge is -2.04. The van der Waals surface area contributed by atoms with Crippen molar-refractivity contribution in [2.75, 3.05) is 13.7 Å². The maximum Gasteiger partial charge on any atom is 0.118 e. The monoisotopic (exact) mass is 304 g/mol. The van der Waals surface area contributed by atoms with Crippen molar-refractivity contribution in [2.24, 2.45) is 0 Å². The number of halogens is 1. The van der Waals surface area contributed by atoms with E-state index in [1.165, 1.54) is 0 Å². The molecule has 1 fully saturated rings. The molecule has 0 spiro atoms. The zero-order valence-corrected chi connectivity index (χ0v) is 12.5. The summed E-state index contributed by atoms with van der Waals surface area (Å²) < 4.78 is 16.5. The largest absolute Gasteiger partial charge is 0.497 e. The molecular formula is C17H17ClO3. The summed E-state index contributed by atoms with van der Waals surface area (Å²) in [6.07, 6.45) is 0.280. The van der Waals surface area contributed by atoms with Gasteiger partial charge in [-0.15, -0.1) is 0 Å². The molecule has 110 valence electrons. The Labute approximate surface area is 129 Å². The Morgan fingerprint density at radius 1 is 1.05 bits per heavy atom. The Morgan fingerprint density at radius 3 is 2.43 bits per heavy atom. The van der Waals surface area contributed by atoms with Crippen molar-refractivity contribution in [3.63, 3.8) is 0 Å². The van der Waals surface area contributed by atoms with Crippen LogP contribution in [0.15, 0.2) is 48.5 Å². The molecule has 2 atom stereocenters. The Hall–Kier alpha value is -1.55. The third-order valence-corrected chi connectivity index (χ3v) is 3.74. The van der Waals surface area contributed by atoms with Gasteiger partial charge in [-0.05, 0) is 35.4 Å². The molecule has 1 aliphatic rings. The van der Waals surface area contributed by atoms with Crippen LogP contribution in [0.4, 0.5) is 0 Å². The lowest BCUT2D eigenvalue weighted by molar-refractivity contribution is 0.104. The first-order chi connectivity index (χ1) is 10.3. The van der Waals surface area contributed by atoms with Crippen LogP contribution in [-0.4, -0.2) is 19.8 Å². The van der Waals surface area contributed by atoms with Crippen LogP contribution in [-0.2, 0) is 16.1 Å². The topological polar surface area (TPSA) is 31.0 Å². The fourth-order valence-corrected chi connectivity index (χ4v) is 2.36. The van der Waals surface area contributed by atoms with Crippen LogP contribution in [0, 0.1) is 0 Å². The van der Waals surface area contributed by atoms with Crippen molar-refractivity contribution in [3.05, 3.63) is 64.7 Å². The van der Waals surface area contributed by atoms with E-state index in [0.717, 1.165) is 21.9 Å². The van der Waals surface area contributed by atoms with Gasteiger partial charge in [0.15, 0.2) is 0 Å². The highest BCUT2D eigenvalue weighted by Crippen LogP contribution is 2.39. The fourth-order valence-electron chi connectivity index (χ4n) is 2.23. The predicted octanol–water partition coefficient (Wildman–Crippen LogP) is 4.01. The van der Waals surface area contributed by atoms with Gasteiger partial charge in [-0.1, -0.05) is 35.9 Å². The summed E-state index contributed by atoms with van der Waals surface area (Å²) in [7, 11) is 1.66. The number of benzene rings is 2. The maximum atomic E-state index is 5.87. The fraction of sp³-hybridized carbons (Fsp3) is 0.294. The zero-order chi connectivity index (χ0) is 14.7. The summed E-state index contributed by atoms with van der Waals surface area (Å²) in [5.41, 5.74) is 2.27. The second-order valence-electron chi connectivity index (χ2n) is 5.01. The Kier molecular flexibility index (Phi) is 4.44. The van der Waals surface area contributed by atoms with Crippen LogP contribution < -0.4 is 4.74 Å². The van der Waals surface area contributed by atoms with Crippen LogP contribution in [0.2, 0.25) is 5.02 Å². The lowest BCUT2D eigenvalue weighted by Crippen LogP contribution is -2.02. The zero-order valence-electron chi connectivity index (χ0n) is 11.8. The predicted molar refractivity (Wildman–Crippen MR) is 81.7 cm³/mol. The van der Waals surface area contributed by atoms with E-state index in [9.17, 15) is 0 Å². The van der Waals surface area contributed by atoms with E-state index in [2.05, 4.69) is 0 Å². The second-order valence-corrected chi connectivity index (χ2v) is 5.45. The van der Waals surface area contributed by atoms with Crippen LogP contribution >= 0.6 is 11.6 Å². The van der Waals surface area contributed by atoms with Crippen molar-refractivity contribution in [1.29, 1.82) is 0 Å². The van der Waals surface area contributed by atoms with E-state index in [4.69, 9.17) is 25.8 Å². The molecule has 0 radical (unpaired) electrons. The van der Waals surface area contributed by atoms with Crippen molar-refractivity contribution in [2.45, 2.75) is 18.8 Å². The van der Waals surface area contributed by atoms with E-state index < -0.39 is 0 Å². The number of epoxide rings is 1. The average Bonchev–Trinajstić information content (AvgIpc) is 3.28. The second kappa shape index (κ2) is 6.48. The van der Waals surface area contributed by atoms with E-state index in [0.29, 0.717) is 13.2 Å². The number of rotatable bonds is 6. The van der Waals surface area contributed by atoms with Gasteiger partial charge >= 0.3 is 0 Å². The van der Waals surface area contributed by atoms with Gasteiger partial charge in [0.1, 0.15) is 18.0 Å². The van der Waals surface area contributed by atoms with Crippen molar-refractivity contribution < 1.29 is 14.2 Å². The molecule has 0 aliphatic carbocycles. The molecule has 2 aromatic rings. The van der Waals surface area contributed by atoms with Crippen LogP contribution in [0.25, 0.3) is 0 Å². The third kappa shape index (κ3) is 3.76. The van der Waals surface area contributed by atoms with Crippen molar-refractivity contribution in [1.82, 2.24) is 0 Å². The van der Waals surface area contributed by atoms with Gasteiger partial charge in [0, 0.05) is 5.02 Å². The Balaban J connectivity index is 1.43. The lowest BCUT2D eigenvalue weighted by atomic mass is 10.1. The van der Waals surface area contributed by atoms with E-state index in [1.54, 1.807) is 7.11 Å². The number of hydrogen-bond donors (Lipinski definition) is 0. The van der Waals surface area contributed by atoms with Crippen molar-refractivity contribution >= 4 is 11.6 Å². The van der Waals surface area contributed by atoms with E-state index >= 15 is 0 Å². The van der Waals surface area contributed by atoms with Crippen LogP contribution in [0.5, 0.6) is 5.75 Å². The van der Waals surface area contributed by atoms with Gasteiger partial charge in [-0.2, -0.15) is 0 Å². The van der Waals surface area contributed by atoms with Gasteiger partial charge in [-0.25, -0.2) is 0 Å². The summed E-state index contributed by atoms with van der Waals surface area (Å²) >= 11 is 5.87. The molecule has 1 aliphatic heterocycles. The molecular weight excluding hydrogens is 288 g/mol. The summed E-state index contributed by atoms with van der Waals surface area (Å²) in [6, 6.07) is 15.6. The maximum absolute atomic E-state index is 5.87. The molecule has 4 heteroatoms. The highest BCUT2D eigenvalue weighted by Gasteiger charge is 2.40. The molecule has 1 heterocycles. The minimum absolute atomic E-state index is 0.137. The summed E-state index contributed by atoms with van der Waals surface area (Å²) in [5, 5.41) is 0.742. The molecule has 0 amide bonds. The molecule has 0 bridgehead atoms. The Morgan fingerprint density at radius 2 is 1.76 bits per heavy atom. The first-order valence-corrected chi connectivity index (χ1v) is 7.25. The summed E-state index contributed by atoms with van der Waals surface area (Å²) in [6.45, 7) is 1.18. The minimum atomic E-state index is 0.137. The SMILES string of the molecule is COc1ccc(COC[C@@H]2O[C@@H]2c2ccc(Cl)cc2)cc1. The summed E-state index contributed by atoms with van der Waals surface area (Å²) in [4.78, 5) is 0. The molecule has 0 unspecified atom stereocenters. The van der Waals surface area contributed by atoms with Crippen molar-refractivity contribution in [3.8, 4) is 5.75 Å². The smallest absolute Gasteiger partial charge is 0.118 e. The van der Waals surface area contributed by atoms with Gasteiger partial charge in [0.25, 0.3) is 0 Å². The third-order valence-electron chi connectivity index (χ3n) is 3.49. The molecule has 1 saturated heterocycles. The van der Waals surface area contributed by atoms with Gasteiger partial charge < -0.3 is 14.2 Å². The molecule has 3 rings (SSSR count). The normalized spacial score (nSPS) is 20.3. The number of hydrogen-bond acceptors (Lipinski definition) is 3. The molecule has 0 N–H and O–H groups in total. The minimum Gasteiger partial charge on any atom is -0.497 e. The standard InChI is InChI=1S/C17H17ClO3/c1-19-15-8-2-12(3-9-15)10-20-11-16-17(21-16)13-4-6-14(18)7-5-13/h2-9,16-17H,10-11H2,1H3/t16-,17+/m0/s1. The molecule has 2 aromatic carbocycles. The molecule has 0 aromatic heterocycles. The van der Waals surface area contributed by atoms with Crippen LogP contribution in [0.1, 0.15) is 17.2 Å². The van der Waals surface area contributed by atoms with E-state index in [-0.39, 0.29) is 12.2 Å². The molecule has 0 saturated carbocycles. The first-order valence-electron chi connectivity index (χ1n) is 6.88. The van der Waals surface area contributed by atoms with Gasteiger partial charge in [0.2, 0.25) is 0 Å². The molecule has 3 nitrogen and oxygen atoms in total. The highest BCUT2D eigenvalue weighted by atomic mass is 35.5.